The van der Waals surface area contributed by atoms with E-state index in [1.807, 2.05) is 44.1 Å². The third kappa shape index (κ3) is 6.03. The standard InChI is InChI=1S/C21H27N7S/c1-14-23-19(12-20(24-14)28(2)3)25-16-8-10-18(11-9-16)27-21(29)26-17-6-4-15(13-22)5-7-17/h4-7,12,16,18H,8-11H2,1-3H3,(H,23,24,25)(H2,26,27,29). The summed E-state index contributed by atoms with van der Waals surface area (Å²) in [7, 11) is 3.97. The topological polar surface area (TPSA) is 88.9 Å². The molecule has 0 aliphatic heterocycles. The van der Waals surface area contributed by atoms with Crippen molar-refractivity contribution < 1.29 is 0 Å². The van der Waals surface area contributed by atoms with E-state index in [1.165, 1.54) is 0 Å². The van der Waals surface area contributed by atoms with Gasteiger partial charge in [0.15, 0.2) is 5.11 Å². The molecule has 1 aromatic carbocycles. The Morgan fingerprint density at radius 2 is 1.76 bits per heavy atom. The van der Waals surface area contributed by atoms with Crippen LogP contribution in [0.4, 0.5) is 17.3 Å². The number of nitrogens with one attached hydrogen (secondary N) is 3. The fourth-order valence-electron chi connectivity index (χ4n) is 3.43. The largest absolute Gasteiger partial charge is 0.367 e. The molecule has 0 saturated heterocycles. The molecule has 29 heavy (non-hydrogen) atoms. The zero-order chi connectivity index (χ0) is 20.8. The number of rotatable bonds is 5. The van der Waals surface area contributed by atoms with Crippen molar-refractivity contribution in [3.05, 3.63) is 41.7 Å². The minimum atomic E-state index is 0.357. The molecular weight excluding hydrogens is 382 g/mol. The van der Waals surface area contributed by atoms with Crippen molar-refractivity contribution in [1.29, 1.82) is 5.26 Å². The molecule has 0 radical (unpaired) electrons. The molecule has 1 saturated carbocycles. The third-order valence-electron chi connectivity index (χ3n) is 4.97. The first kappa shape index (κ1) is 20.8. The van der Waals surface area contributed by atoms with Gasteiger partial charge in [-0.25, -0.2) is 9.97 Å². The van der Waals surface area contributed by atoms with Crippen LogP contribution in [-0.2, 0) is 0 Å². The molecule has 0 spiro atoms. The van der Waals surface area contributed by atoms with Crippen molar-refractivity contribution in [2.75, 3.05) is 29.6 Å². The van der Waals surface area contributed by atoms with Gasteiger partial charge in [0.2, 0.25) is 0 Å². The predicted molar refractivity (Wildman–Crippen MR) is 121 cm³/mol. The minimum absolute atomic E-state index is 0.357. The van der Waals surface area contributed by atoms with Crippen molar-refractivity contribution in [2.24, 2.45) is 0 Å². The maximum atomic E-state index is 8.87. The highest BCUT2D eigenvalue weighted by atomic mass is 32.1. The molecule has 1 heterocycles. The van der Waals surface area contributed by atoms with Crippen molar-refractivity contribution in [1.82, 2.24) is 15.3 Å². The molecule has 7 nitrogen and oxygen atoms in total. The first-order valence-corrected chi connectivity index (χ1v) is 10.2. The fourth-order valence-corrected chi connectivity index (χ4v) is 3.71. The molecule has 0 amide bonds. The van der Waals surface area contributed by atoms with Gasteiger partial charge in [0, 0.05) is 37.9 Å². The third-order valence-corrected chi connectivity index (χ3v) is 5.19. The van der Waals surface area contributed by atoms with E-state index in [-0.39, 0.29) is 0 Å². The lowest BCUT2D eigenvalue weighted by atomic mass is 9.91. The van der Waals surface area contributed by atoms with E-state index in [0.29, 0.717) is 22.8 Å². The normalized spacial score (nSPS) is 18.4. The van der Waals surface area contributed by atoms with Gasteiger partial charge in [-0.3, -0.25) is 0 Å². The van der Waals surface area contributed by atoms with Crippen molar-refractivity contribution in [3.63, 3.8) is 0 Å². The summed E-state index contributed by atoms with van der Waals surface area (Å²) >= 11 is 5.44. The maximum absolute atomic E-state index is 8.87. The Hall–Kier alpha value is -2.92. The fraction of sp³-hybridized carbons (Fsp3) is 0.429. The van der Waals surface area contributed by atoms with Crippen molar-refractivity contribution >= 4 is 34.7 Å². The van der Waals surface area contributed by atoms with Crippen LogP contribution >= 0.6 is 12.2 Å². The van der Waals surface area contributed by atoms with Gasteiger partial charge in [-0.1, -0.05) is 0 Å². The smallest absolute Gasteiger partial charge is 0.170 e. The summed E-state index contributed by atoms with van der Waals surface area (Å²) in [5.74, 6) is 2.57. The van der Waals surface area contributed by atoms with Gasteiger partial charge in [-0.05, 0) is 69.1 Å². The molecule has 1 aliphatic rings. The lowest BCUT2D eigenvalue weighted by Crippen LogP contribution is -2.42. The number of hydrogen-bond donors (Lipinski definition) is 3. The van der Waals surface area contributed by atoms with E-state index in [4.69, 9.17) is 17.5 Å². The van der Waals surface area contributed by atoms with E-state index in [0.717, 1.165) is 48.8 Å². The monoisotopic (exact) mass is 409 g/mol. The second-order valence-corrected chi connectivity index (χ2v) is 7.94. The van der Waals surface area contributed by atoms with Gasteiger partial charge in [0.1, 0.15) is 17.5 Å². The molecule has 0 bridgehead atoms. The van der Waals surface area contributed by atoms with Crippen LogP contribution in [0.2, 0.25) is 0 Å². The summed E-state index contributed by atoms with van der Waals surface area (Å²) in [6, 6.07) is 12.1. The summed E-state index contributed by atoms with van der Waals surface area (Å²) in [4.78, 5) is 11.0. The van der Waals surface area contributed by atoms with Gasteiger partial charge < -0.3 is 20.9 Å². The zero-order valence-corrected chi connectivity index (χ0v) is 17.9. The SMILES string of the molecule is Cc1nc(NC2CCC(NC(=S)Nc3ccc(C#N)cc3)CC2)cc(N(C)C)n1. The Labute approximate surface area is 177 Å². The Kier molecular flexibility index (Phi) is 6.83. The number of nitrogens with zero attached hydrogens (tertiary/aromatic N) is 4. The van der Waals surface area contributed by atoms with Crippen molar-refractivity contribution in [3.8, 4) is 6.07 Å². The van der Waals surface area contributed by atoms with E-state index in [1.54, 1.807) is 12.1 Å². The van der Waals surface area contributed by atoms with Crippen LogP contribution in [0, 0.1) is 18.3 Å². The van der Waals surface area contributed by atoms with Crippen LogP contribution in [0.15, 0.2) is 30.3 Å². The molecule has 3 rings (SSSR count). The number of aromatic nitrogens is 2. The second kappa shape index (κ2) is 9.52. The lowest BCUT2D eigenvalue weighted by molar-refractivity contribution is 0.388. The number of hydrogen-bond acceptors (Lipinski definition) is 6. The lowest BCUT2D eigenvalue weighted by Gasteiger charge is -2.31. The van der Waals surface area contributed by atoms with Crippen LogP contribution in [0.3, 0.4) is 0 Å². The van der Waals surface area contributed by atoms with E-state index in [9.17, 15) is 0 Å². The zero-order valence-electron chi connectivity index (χ0n) is 17.1. The summed E-state index contributed by atoms with van der Waals surface area (Å²) in [5, 5.41) is 19.6. The molecule has 0 atom stereocenters. The summed E-state index contributed by atoms with van der Waals surface area (Å²) < 4.78 is 0. The first-order chi connectivity index (χ1) is 13.9. The van der Waals surface area contributed by atoms with E-state index < -0.39 is 0 Å². The average molecular weight is 410 g/mol. The molecule has 8 heteroatoms. The van der Waals surface area contributed by atoms with Crippen LogP contribution in [0.25, 0.3) is 0 Å². The number of thiocarbonyl (C=S) groups is 1. The highest BCUT2D eigenvalue weighted by molar-refractivity contribution is 7.80. The molecule has 3 N–H and O–H groups in total. The first-order valence-electron chi connectivity index (χ1n) is 9.80. The molecule has 0 unspecified atom stereocenters. The Balaban J connectivity index is 1.46. The quantitative estimate of drug-likeness (QED) is 0.647. The summed E-state index contributed by atoms with van der Waals surface area (Å²) in [6.07, 6.45) is 4.18. The second-order valence-electron chi connectivity index (χ2n) is 7.53. The number of benzene rings is 1. The van der Waals surface area contributed by atoms with Gasteiger partial charge in [-0.15, -0.1) is 0 Å². The average Bonchev–Trinajstić information content (AvgIpc) is 2.69. The molecule has 1 fully saturated rings. The summed E-state index contributed by atoms with van der Waals surface area (Å²) in [5.41, 5.74) is 1.52. The molecule has 152 valence electrons. The molecule has 1 aromatic heterocycles. The van der Waals surface area contributed by atoms with Gasteiger partial charge >= 0.3 is 0 Å². The highest BCUT2D eigenvalue weighted by Gasteiger charge is 2.22. The van der Waals surface area contributed by atoms with Crippen molar-refractivity contribution in [2.45, 2.75) is 44.7 Å². The van der Waals surface area contributed by atoms with E-state index in [2.05, 4.69) is 32.0 Å². The van der Waals surface area contributed by atoms with Crippen LogP contribution in [0.5, 0.6) is 0 Å². The number of aryl methyl sites for hydroxylation is 1. The summed E-state index contributed by atoms with van der Waals surface area (Å²) in [6.45, 7) is 1.92. The Morgan fingerprint density at radius 3 is 2.38 bits per heavy atom. The molecule has 2 aromatic rings. The van der Waals surface area contributed by atoms with Crippen LogP contribution < -0.4 is 20.9 Å². The highest BCUT2D eigenvalue weighted by Crippen LogP contribution is 2.23. The van der Waals surface area contributed by atoms with Gasteiger partial charge in [0.25, 0.3) is 0 Å². The minimum Gasteiger partial charge on any atom is -0.367 e. The Morgan fingerprint density at radius 1 is 1.10 bits per heavy atom. The molecule has 1 aliphatic carbocycles. The van der Waals surface area contributed by atoms with Gasteiger partial charge in [-0.2, -0.15) is 5.26 Å². The van der Waals surface area contributed by atoms with Crippen LogP contribution in [-0.4, -0.2) is 41.3 Å². The number of nitriles is 1. The van der Waals surface area contributed by atoms with Gasteiger partial charge in [0.05, 0.1) is 11.6 Å². The Bertz CT molecular complexity index is 881. The van der Waals surface area contributed by atoms with Crippen LogP contribution in [0.1, 0.15) is 37.1 Å². The number of anilines is 3. The molecular formula is C21H27N7S. The van der Waals surface area contributed by atoms with E-state index >= 15 is 0 Å². The maximum Gasteiger partial charge on any atom is 0.170 e. The predicted octanol–water partition coefficient (Wildman–Crippen LogP) is 3.43.